The molecule has 1 rings (SSSR count). The highest BCUT2D eigenvalue weighted by Crippen LogP contribution is 2.23. The maximum Gasteiger partial charge on any atom is 0.130 e. The molecular weight excluding hydrogens is 274 g/mol. The summed E-state index contributed by atoms with van der Waals surface area (Å²) in [5.74, 6) is -0.715. The van der Waals surface area contributed by atoms with Gasteiger partial charge < -0.3 is 10.2 Å². The zero-order valence-corrected chi connectivity index (χ0v) is 9.46. The van der Waals surface area contributed by atoms with E-state index in [2.05, 4.69) is 15.9 Å². The third-order valence-corrected chi connectivity index (χ3v) is 2.61. The molecule has 0 aliphatic carbocycles. The highest BCUT2D eigenvalue weighted by Gasteiger charge is 2.20. The minimum atomic E-state index is -1.29. The summed E-state index contributed by atoms with van der Waals surface area (Å²) in [6.07, 6.45) is -2.45. The van der Waals surface area contributed by atoms with E-state index in [1.807, 2.05) is 0 Å². The second kappa shape index (κ2) is 5.07. The van der Waals surface area contributed by atoms with Crippen molar-refractivity contribution in [3.05, 3.63) is 34.1 Å². The van der Waals surface area contributed by atoms with Gasteiger partial charge in [-0.25, -0.2) is 4.39 Å². The molecule has 0 heterocycles. The molecule has 0 aliphatic rings. The topological polar surface area (TPSA) is 40.5 Å². The highest BCUT2D eigenvalue weighted by molar-refractivity contribution is 9.10. The van der Waals surface area contributed by atoms with Crippen molar-refractivity contribution < 1.29 is 14.6 Å². The van der Waals surface area contributed by atoms with Crippen LogP contribution in [0.1, 0.15) is 11.7 Å². The Bertz CT molecular complexity index is 322. The summed E-state index contributed by atoms with van der Waals surface area (Å²) in [6.45, 7) is 0. The van der Waals surface area contributed by atoms with Crippen molar-refractivity contribution in [2.45, 2.75) is 12.2 Å². The van der Waals surface area contributed by atoms with Gasteiger partial charge in [0.25, 0.3) is 0 Å². The number of halogens is 3. The SMILES string of the molecule is OC(CCl)C(O)c1ccc(Br)cc1F. The zero-order valence-electron chi connectivity index (χ0n) is 7.12. The van der Waals surface area contributed by atoms with Crippen LogP contribution in [-0.2, 0) is 0 Å². The Morgan fingerprint density at radius 1 is 1.43 bits per heavy atom. The van der Waals surface area contributed by atoms with E-state index in [9.17, 15) is 14.6 Å². The molecule has 0 aromatic heterocycles. The van der Waals surface area contributed by atoms with Gasteiger partial charge in [-0.2, -0.15) is 0 Å². The lowest BCUT2D eigenvalue weighted by Crippen LogP contribution is -2.20. The van der Waals surface area contributed by atoms with E-state index >= 15 is 0 Å². The lowest BCUT2D eigenvalue weighted by atomic mass is 10.1. The fraction of sp³-hybridized carbons (Fsp3) is 0.333. The molecule has 0 saturated heterocycles. The molecule has 2 unspecified atom stereocenters. The quantitative estimate of drug-likeness (QED) is 0.835. The first-order valence-corrected chi connectivity index (χ1v) is 5.26. The van der Waals surface area contributed by atoms with Crippen LogP contribution in [0.3, 0.4) is 0 Å². The van der Waals surface area contributed by atoms with Gasteiger partial charge in [-0.3, -0.25) is 0 Å². The average molecular weight is 284 g/mol. The summed E-state index contributed by atoms with van der Waals surface area (Å²) in [7, 11) is 0. The Labute approximate surface area is 94.5 Å². The number of aliphatic hydroxyl groups excluding tert-OH is 2. The highest BCUT2D eigenvalue weighted by atomic mass is 79.9. The van der Waals surface area contributed by atoms with Crippen LogP contribution in [0.5, 0.6) is 0 Å². The van der Waals surface area contributed by atoms with Crippen LogP contribution in [0, 0.1) is 5.82 Å². The summed E-state index contributed by atoms with van der Waals surface area (Å²) in [5, 5.41) is 18.7. The van der Waals surface area contributed by atoms with Crippen LogP contribution < -0.4 is 0 Å². The molecular formula is C9H9BrClFO2. The Hall–Kier alpha value is -0.160. The molecule has 0 saturated carbocycles. The summed E-state index contributed by atoms with van der Waals surface area (Å²) in [5.41, 5.74) is 0.0429. The fourth-order valence-electron chi connectivity index (χ4n) is 1.03. The van der Waals surface area contributed by atoms with Crippen LogP contribution in [-0.4, -0.2) is 22.2 Å². The van der Waals surface area contributed by atoms with Crippen LogP contribution >= 0.6 is 27.5 Å². The van der Waals surface area contributed by atoms with Gasteiger partial charge in [0.1, 0.15) is 11.9 Å². The van der Waals surface area contributed by atoms with E-state index in [1.54, 1.807) is 6.07 Å². The van der Waals surface area contributed by atoms with Gasteiger partial charge in [-0.15, -0.1) is 11.6 Å². The average Bonchev–Trinajstić information content (AvgIpc) is 2.15. The molecule has 1 aromatic carbocycles. The van der Waals surface area contributed by atoms with Gasteiger partial charge in [0.05, 0.1) is 12.0 Å². The molecule has 14 heavy (non-hydrogen) atoms. The molecule has 0 aliphatic heterocycles. The normalized spacial score (nSPS) is 15.2. The minimum Gasteiger partial charge on any atom is -0.389 e. The molecule has 0 bridgehead atoms. The molecule has 0 fully saturated rings. The van der Waals surface area contributed by atoms with Crippen molar-refractivity contribution in [1.29, 1.82) is 0 Å². The van der Waals surface area contributed by atoms with E-state index in [4.69, 9.17) is 11.6 Å². The van der Waals surface area contributed by atoms with Crippen molar-refractivity contribution in [1.82, 2.24) is 0 Å². The molecule has 1 aromatic rings. The Morgan fingerprint density at radius 3 is 2.57 bits per heavy atom. The van der Waals surface area contributed by atoms with E-state index in [0.29, 0.717) is 4.47 Å². The van der Waals surface area contributed by atoms with E-state index < -0.39 is 18.0 Å². The maximum atomic E-state index is 13.3. The van der Waals surface area contributed by atoms with Gasteiger partial charge in [-0.05, 0) is 12.1 Å². The second-order valence-electron chi connectivity index (χ2n) is 2.83. The Kier molecular flexibility index (Phi) is 4.31. The smallest absolute Gasteiger partial charge is 0.130 e. The van der Waals surface area contributed by atoms with Gasteiger partial charge >= 0.3 is 0 Å². The predicted octanol–water partition coefficient (Wildman–Crippen LogP) is 2.22. The molecule has 0 spiro atoms. The third kappa shape index (κ3) is 2.67. The molecule has 2 N–H and O–H groups in total. The van der Waals surface area contributed by atoms with Crippen LogP contribution in [0.2, 0.25) is 0 Å². The first kappa shape index (κ1) is 11.9. The van der Waals surface area contributed by atoms with Crippen LogP contribution in [0.4, 0.5) is 4.39 Å². The maximum absolute atomic E-state index is 13.3. The number of hydrogen-bond acceptors (Lipinski definition) is 2. The summed E-state index contributed by atoms with van der Waals surface area (Å²) in [6, 6.07) is 4.21. The number of rotatable bonds is 3. The molecule has 5 heteroatoms. The first-order chi connectivity index (χ1) is 6.56. The Morgan fingerprint density at radius 2 is 2.07 bits per heavy atom. The monoisotopic (exact) mass is 282 g/mol. The third-order valence-electron chi connectivity index (χ3n) is 1.80. The fourth-order valence-corrected chi connectivity index (χ4v) is 1.53. The Balaban J connectivity index is 2.95. The van der Waals surface area contributed by atoms with Crippen molar-refractivity contribution in [2.24, 2.45) is 0 Å². The number of alkyl halides is 1. The largest absolute Gasteiger partial charge is 0.389 e. The second-order valence-corrected chi connectivity index (χ2v) is 4.06. The van der Waals surface area contributed by atoms with E-state index in [0.717, 1.165) is 0 Å². The summed E-state index contributed by atoms with van der Waals surface area (Å²) < 4.78 is 13.8. The van der Waals surface area contributed by atoms with Gasteiger partial charge in [-0.1, -0.05) is 22.0 Å². The molecule has 2 atom stereocenters. The van der Waals surface area contributed by atoms with Crippen molar-refractivity contribution >= 4 is 27.5 Å². The number of hydrogen-bond donors (Lipinski definition) is 2. The summed E-state index contributed by atoms with van der Waals surface area (Å²) in [4.78, 5) is 0. The minimum absolute atomic E-state index is 0.0429. The standard InChI is InChI=1S/C9H9BrClFO2/c10-5-1-2-6(7(12)3-5)9(14)8(13)4-11/h1-3,8-9,13-14H,4H2. The van der Waals surface area contributed by atoms with Crippen LogP contribution in [0.25, 0.3) is 0 Å². The van der Waals surface area contributed by atoms with Crippen LogP contribution in [0.15, 0.2) is 22.7 Å². The van der Waals surface area contributed by atoms with Crippen molar-refractivity contribution in [3.8, 4) is 0 Å². The lowest BCUT2D eigenvalue weighted by Gasteiger charge is -2.16. The zero-order chi connectivity index (χ0) is 10.7. The predicted molar refractivity (Wildman–Crippen MR) is 55.8 cm³/mol. The van der Waals surface area contributed by atoms with Crippen molar-refractivity contribution in [2.75, 3.05) is 5.88 Å². The van der Waals surface area contributed by atoms with Crippen molar-refractivity contribution in [3.63, 3.8) is 0 Å². The van der Waals surface area contributed by atoms with E-state index in [-0.39, 0.29) is 11.4 Å². The molecule has 0 radical (unpaired) electrons. The molecule has 78 valence electrons. The summed E-state index contributed by atoms with van der Waals surface area (Å²) >= 11 is 8.43. The van der Waals surface area contributed by atoms with Gasteiger partial charge in [0, 0.05) is 10.0 Å². The van der Waals surface area contributed by atoms with Gasteiger partial charge in [0.15, 0.2) is 0 Å². The van der Waals surface area contributed by atoms with E-state index in [1.165, 1.54) is 12.1 Å². The first-order valence-electron chi connectivity index (χ1n) is 3.93. The number of benzene rings is 1. The lowest BCUT2D eigenvalue weighted by molar-refractivity contribution is 0.0304. The number of aliphatic hydroxyl groups is 2. The van der Waals surface area contributed by atoms with Gasteiger partial charge in [0.2, 0.25) is 0 Å². The molecule has 2 nitrogen and oxygen atoms in total. The molecule has 0 amide bonds.